The van der Waals surface area contributed by atoms with E-state index in [1.54, 1.807) is 42.5 Å². The number of hydrogen-bond acceptors (Lipinski definition) is 4. The van der Waals surface area contributed by atoms with Crippen LogP contribution in [0.2, 0.25) is 5.02 Å². The summed E-state index contributed by atoms with van der Waals surface area (Å²) in [6.07, 6.45) is 0. The zero-order valence-electron chi connectivity index (χ0n) is 16.5. The maximum absolute atomic E-state index is 14.5. The van der Waals surface area contributed by atoms with Crippen molar-refractivity contribution in [2.24, 2.45) is 0 Å². The third-order valence-corrected chi connectivity index (χ3v) is 5.78. The number of aromatic nitrogens is 2. The lowest BCUT2D eigenvalue weighted by molar-refractivity contribution is -0.118. The van der Waals surface area contributed by atoms with Gasteiger partial charge >= 0.3 is 0 Å². The zero-order valence-corrected chi connectivity index (χ0v) is 18.1. The molecule has 9 heteroatoms. The smallest absolute Gasteiger partial charge is 0.266 e. The van der Waals surface area contributed by atoms with E-state index < -0.39 is 17.2 Å². The second-order valence-electron chi connectivity index (χ2n) is 6.84. The van der Waals surface area contributed by atoms with Crippen LogP contribution in [0.15, 0.2) is 76.7 Å². The van der Waals surface area contributed by atoms with Crippen molar-refractivity contribution in [3.05, 3.63) is 99.3 Å². The van der Waals surface area contributed by atoms with Crippen molar-refractivity contribution in [3.63, 3.8) is 0 Å². The van der Waals surface area contributed by atoms with Crippen molar-refractivity contribution in [2.45, 2.75) is 11.7 Å². The molecule has 0 aliphatic rings. The van der Waals surface area contributed by atoms with Crippen molar-refractivity contribution in [1.29, 1.82) is 0 Å². The normalized spacial score (nSPS) is 11.0. The molecule has 0 spiro atoms. The van der Waals surface area contributed by atoms with Crippen LogP contribution in [0.4, 0.5) is 8.78 Å². The van der Waals surface area contributed by atoms with Gasteiger partial charge in [0.05, 0.1) is 22.3 Å². The molecule has 3 aromatic carbocycles. The van der Waals surface area contributed by atoms with Gasteiger partial charge in [0.15, 0.2) is 5.16 Å². The van der Waals surface area contributed by atoms with Crippen molar-refractivity contribution in [3.8, 4) is 5.69 Å². The first-order chi connectivity index (χ1) is 15.4. The highest BCUT2D eigenvalue weighted by Crippen LogP contribution is 2.23. The SMILES string of the molecule is O=C(CSc1nc2ccccc2c(=O)n1-c1ccc(F)cc1F)NCc1cccc(Cl)c1. The average Bonchev–Trinajstić information content (AvgIpc) is 2.77. The van der Waals surface area contributed by atoms with Crippen molar-refractivity contribution in [2.75, 3.05) is 5.75 Å². The number of rotatable bonds is 6. The van der Waals surface area contributed by atoms with Gasteiger partial charge in [-0.05, 0) is 42.0 Å². The van der Waals surface area contributed by atoms with Crippen LogP contribution in [0.5, 0.6) is 0 Å². The molecule has 0 radical (unpaired) electrons. The Morgan fingerprint density at radius 1 is 1.06 bits per heavy atom. The van der Waals surface area contributed by atoms with Crippen LogP contribution in [0.25, 0.3) is 16.6 Å². The Labute approximate surface area is 191 Å². The van der Waals surface area contributed by atoms with E-state index in [1.165, 1.54) is 6.07 Å². The number of para-hydroxylation sites is 1. The standard InChI is InChI=1S/C23H16ClF2N3O2S/c24-15-5-3-4-14(10-15)12-27-21(30)13-32-23-28-19-7-2-1-6-17(19)22(31)29(23)20-9-8-16(25)11-18(20)26/h1-11H,12-13H2,(H,27,30). The fraction of sp³-hybridized carbons (Fsp3) is 0.0870. The molecule has 4 rings (SSSR count). The molecule has 4 aromatic rings. The third-order valence-electron chi connectivity index (χ3n) is 4.61. The number of nitrogens with one attached hydrogen (secondary N) is 1. The molecule has 1 N–H and O–H groups in total. The van der Waals surface area contributed by atoms with Crippen molar-refractivity contribution >= 4 is 40.2 Å². The first kappa shape index (κ1) is 22.0. The van der Waals surface area contributed by atoms with Gasteiger partial charge in [-0.25, -0.2) is 13.8 Å². The van der Waals surface area contributed by atoms with Gasteiger partial charge < -0.3 is 5.32 Å². The number of carbonyl (C=O) groups excluding carboxylic acids is 1. The average molecular weight is 472 g/mol. The van der Waals surface area contributed by atoms with Crippen LogP contribution in [-0.2, 0) is 11.3 Å². The zero-order chi connectivity index (χ0) is 22.7. The molecule has 32 heavy (non-hydrogen) atoms. The van der Waals surface area contributed by atoms with Crippen LogP contribution in [0, 0.1) is 11.6 Å². The number of thioether (sulfide) groups is 1. The van der Waals surface area contributed by atoms with Crippen LogP contribution in [0.3, 0.4) is 0 Å². The lowest BCUT2D eigenvalue weighted by Gasteiger charge is -2.14. The maximum Gasteiger partial charge on any atom is 0.266 e. The molecule has 0 unspecified atom stereocenters. The van der Waals surface area contributed by atoms with Crippen molar-refractivity contribution in [1.82, 2.24) is 14.9 Å². The maximum atomic E-state index is 14.5. The van der Waals surface area contributed by atoms with E-state index in [2.05, 4.69) is 10.3 Å². The van der Waals surface area contributed by atoms with E-state index in [-0.39, 0.29) is 34.4 Å². The predicted molar refractivity (Wildman–Crippen MR) is 121 cm³/mol. The largest absolute Gasteiger partial charge is 0.351 e. The highest BCUT2D eigenvalue weighted by Gasteiger charge is 2.17. The molecule has 0 aliphatic carbocycles. The number of nitrogens with zero attached hydrogens (tertiary/aromatic N) is 2. The lowest BCUT2D eigenvalue weighted by atomic mass is 10.2. The fourth-order valence-electron chi connectivity index (χ4n) is 3.11. The summed E-state index contributed by atoms with van der Waals surface area (Å²) in [6.45, 7) is 0.282. The highest BCUT2D eigenvalue weighted by atomic mass is 35.5. The summed E-state index contributed by atoms with van der Waals surface area (Å²) >= 11 is 6.93. The van der Waals surface area contributed by atoms with Crippen LogP contribution in [-0.4, -0.2) is 21.2 Å². The topological polar surface area (TPSA) is 64.0 Å². The number of amides is 1. The second kappa shape index (κ2) is 9.50. The first-order valence-electron chi connectivity index (χ1n) is 9.53. The summed E-state index contributed by atoms with van der Waals surface area (Å²) in [6, 6.07) is 16.7. The molecule has 5 nitrogen and oxygen atoms in total. The molecule has 0 bridgehead atoms. The number of hydrogen-bond donors (Lipinski definition) is 1. The van der Waals surface area contributed by atoms with E-state index in [9.17, 15) is 18.4 Å². The second-order valence-corrected chi connectivity index (χ2v) is 8.22. The lowest BCUT2D eigenvalue weighted by Crippen LogP contribution is -2.26. The fourth-order valence-corrected chi connectivity index (χ4v) is 4.16. The number of fused-ring (bicyclic) bond motifs is 1. The van der Waals surface area contributed by atoms with Crippen LogP contribution < -0.4 is 10.9 Å². The summed E-state index contributed by atoms with van der Waals surface area (Å²) in [5, 5.41) is 3.74. The Hall–Kier alpha value is -3.23. The van der Waals surface area contributed by atoms with Gasteiger partial charge in [-0.1, -0.05) is 47.6 Å². The Bertz CT molecular complexity index is 1380. The molecular formula is C23H16ClF2N3O2S. The molecule has 1 heterocycles. The van der Waals surface area contributed by atoms with E-state index in [4.69, 9.17) is 11.6 Å². The molecule has 0 atom stereocenters. The molecule has 0 saturated carbocycles. The van der Waals surface area contributed by atoms with Crippen LogP contribution in [0.1, 0.15) is 5.56 Å². The Morgan fingerprint density at radius 2 is 1.88 bits per heavy atom. The summed E-state index contributed by atoms with van der Waals surface area (Å²) in [5.74, 6) is -2.03. The quantitative estimate of drug-likeness (QED) is 0.326. The van der Waals surface area contributed by atoms with Gasteiger partial charge in [0.25, 0.3) is 5.56 Å². The van der Waals surface area contributed by atoms with Gasteiger partial charge in [-0.2, -0.15) is 0 Å². The summed E-state index contributed by atoms with van der Waals surface area (Å²) in [5.41, 5.74) is 0.600. The Balaban J connectivity index is 1.62. The molecule has 0 fully saturated rings. The van der Waals surface area contributed by atoms with Gasteiger partial charge in [0.2, 0.25) is 5.91 Å². The van der Waals surface area contributed by atoms with Crippen LogP contribution >= 0.6 is 23.4 Å². The number of carbonyl (C=O) groups is 1. The molecule has 1 aromatic heterocycles. The third kappa shape index (κ3) is 4.81. The summed E-state index contributed by atoms with van der Waals surface area (Å²) in [7, 11) is 0. The molecule has 1 amide bonds. The van der Waals surface area contributed by atoms with Gasteiger partial charge in [0.1, 0.15) is 11.6 Å². The Morgan fingerprint density at radius 3 is 2.66 bits per heavy atom. The molecule has 162 valence electrons. The molecule has 0 aliphatic heterocycles. The molecular weight excluding hydrogens is 456 g/mol. The minimum absolute atomic E-state index is 0.0613. The number of benzene rings is 3. The van der Waals surface area contributed by atoms with E-state index >= 15 is 0 Å². The van der Waals surface area contributed by atoms with Gasteiger partial charge in [-0.3, -0.25) is 14.2 Å². The van der Waals surface area contributed by atoms with Gasteiger partial charge in [0, 0.05) is 17.6 Å². The minimum Gasteiger partial charge on any atom is -0.351 e. The van der Waals surface area contributed by atoms with E-state index in [0.717, 1.165) is 28.0 Å². The van der Waals surface area contributed by atoms with Gasteiger partial charge in [-0.15, -0.1) is 0 Å². The van der Waals surface area contributed by atoms with Crippen molar-refractivity contribution < 1.29 is 13.6 Å². The first-order valence-corrected chi connectivity index (χ1v) is 10.9. The van der Waals surface area contributed by atoms with E-state index in [0.29, 0.717) is 16.6 Å². The highest BCUT2D eigenvalue weighted by molar-refractivity contribution is 7.99. The predicted octanol–water partition coefficient (Wildman–Crippen LogP) is 4.73. The monoisotopic (exact) mass is 471 g/mol. The Kier molecular flexibility index (Phi) is 6.53. The van der Waals surface area contributed by atoms with E-state index in [1.807, 2.05) is 6.07 Å². The molecule has 0 saturated heterocycles. The number of halogens is 3. The minimum atomic E-state index is -0.906. The summed E-state index contributed by atoms with van der Waals surface area (Å²) < 4.78 is 29.0. The summed E-state index contributed by atoms with van der Waals surface area (Å²) in [4.78, 5) is 29.9.